The molecule has 2 fully saturated rings. The molecule has 1 saturated carbocycles. The van der Waals surface area contributed by atoms with Crippen molar-refractivity contribution >= 4 is 11.8 Å². The van der Waals surface area contributed by atoms with Gasteiger partial charge in [-0.2, -0.15) is 13.2 Å². The summed E-state index contributed by atoms with van der Waals surface area (Å²) in [7, 11) is 0. The third-order valence-corrected chi connectivity index (χ3v) is 8.45. The Kier molecular flexibility index (Phi) is 7.73. The van der Waals surface area contributed by atoms with Crippen LogP contribution in [0, 0.1) is 17.8 Å². The molecular weight excluding hydrogens is 485 g/mol. The number of carbonyl (C=O) groups excluding carboxylic acids is 1. The van der Waals surface area contributed by atoms with Gasteiger partial charge in [0.1, 0.15) is 5.78 Å². The lowest BCUT2D eigenvalue weighted by molar-refractivity contribution is -0.294. The summed E-state index contributed by atoms with van der Waals surface area (Å²) in [6.07, 6.45) is 2.89. The molecule has 37 heavy (non-hydrogen) atoms. The van der Waals surface area contributed by atoms with Gasteiger partial charge in [0.05, 0.1) is 17.8 Å². The number of carbonyl (C=O) groups is 2. The first-order chi connectivity index (χ1) is 17.4. The molecule has 3 aliphatic rings. The summed E-state index contributed by atoms with van der Waals surface area (Å²) in [5, 5.41) is 10.1. The largest absolute Gasteiger partial charge is 0.479 e. The molecule has 4 rings (SSSR count). The van der Waals surface area contributed by atoms with Crippen molar-refractivity contribution in [3.05, 3.63) is 59.7 Å². The van der Waals surface area contributed by atoms with Crippen molar-refractivity contribution in [3.63, 3.8) is 0 Å². The van der Waals surface area contributed by atoms with Gasteiger partial charge in [0.25, 0.3) is 5.60 Å². The first-order valence-electron chi connectivity index (χ1n) is 13.0. The van der Waals surface area contributed by atoms with Crippen LogP contribution < -0.4 is 0 Å². The zero-order valence-electron chi connectivity index (χ0n) is 21.5. The van der Waals surface area contributed by atoms with Gasteiger partial charge in [-0.15, -0.1) is 0 Å². The summed E-state index contributed by atoms with van der Waals surface area (Å²) in [4.78, 5) is 25.4. The second-order valence-electron chi connectivity index (χ2n) is 10.9. The first kappa shape index (κ1) is 27.6. The summed E-state index contributed by atoms with van der Waals surface area (Å²) in [5.74, 6) is -3.45. The number of alkyl halides is 3. The average molecular weight is 521 g/mol. The molecule has 1 unspecified atom stereocenters. The summed E-state index contributed by atoms with van der Waals surface area (Å²) in [5.41, 5.74) is -3.90. The Morgan fingerprint density at radius 1 is 1.11 bits per heavy atom. The Morgan fingerprint density at radius 2 is 1.78 bits per heavy atom. The Hall–Kier alpha value is -2.45. The van der Waals surface area contributed by atoms with E-state index in [2.05, 4.69) is 6.08 Å². The normalized spacial score (nSPS) is 35.4. The van der Waals surface area contributed by atoms with Crippen molar-refractivity contribution < 1.29 is 37.3 Å². The maximum absolute atomic E-state index is 14.7. The standard InChI is InChI=1S/C29H35F3O5/c1-18-12-8-5-4-6-11-15-27(3)24(36-27)17-21-19(2)23(33)16-22(21)25(18)37-28(26(34)35,29(30,31)32)20-13-9-7-10-14-20/h4,6-7,9-10,12-14,19,21-22,24-25H,5,8,11,15-17H2,1-3H3,(H,34,35)/b6-4+,18-12?/t19-,21-,22-,24-,25-,27-,28?/m1/s1. The molecule has 1 aromatic carbocycles. The van der Waals surface area contributed by atoms with Crippen LogP contribution >= 0.6 is 0 Å². The van der Waals surface area contributed by atoms with Crippen molar-refractivity contribution in [3.8, 4) is 0 Å². The molecule has 0 bridgehead atoms. The van der Waals surface area contributed by atoms with Crippen LogP contribution in [0.15, 0.2) is 54.1 Å². The lowest BCUT2D eigenvalue weighted by atomic mass is 9.78. The van der Waals surface area contributed by atoms with E-state index in [4.69, 9.17) is 9.47 Å². The van der Waals surface area contributed by atoms with Crippen molar-refractivity contribution in [2.24, 2.45) is 17.8 Å². The fourth-order valence-electron chi connectivity index (χ4n) is 6.05. The minimum absolute atomic E-state index is 0.0351. The Labute approximate surface area is 215 Å². The number of ketones is 1. The van der Waals surface area contributed by atoms with Gasteiger partial charge in [-0.05, 0) is 63.4 Å². The molecule has 202 valence electrons. The van der Waals surface area contributed by atoms with Gasteiger partial charge in [0.15, 0.2) is 0 Å². The van der Waals surface area contributed by atoms with E-state index in [1.54, 1.807) is 13.8 Å². The number of benzene rings is 1. The van der Waals surface area contributed by atoms with Crippen molar-refractivity contribution in [1.82, 2.24) is 0 Å². The lowest BCUT2D eigenvalue weighted by Crippen LogP contribution is -2.54. The summed E-state index contributed by atoms with van der Waals surface area (Å²) >= 11 is 0. The molecule has 5 nitrogen and oxygen atoms in total. The van der Waals surface area contributed by atoms with E-state index >= 15 is 0 Å². The molecule has 2 aliphatic carbocycles. The molecule has 0 spiro atoms. The number of halogens is 3. The number of ether oxygens (including phenoxy) is 2. The van der Waals surface area contributed by atoms with E-state index in [0.29, 0.717) is 24.8 Å². The molecule has 0 amide bonds. The highest BCUT2D eigenvalue weighted by Gasteiger charge is 2.66. The Morgan fingerprint density at radius 3 is 2.43 bits per heavy atom. The predicted molar refractivity (Wildman–Crippen MR) is 132 cm³/mol. The molecule has 1 N–H and O–H groups in total. The minimum Gasteiger partial charge on any atom is -0.479 e. The van der Waals surface area contributed by atoms with Crippen LogP contribution in [0.4, 0.5) is 13.2 Å². The highest BCUT2D eigenvalue weighted by Crippen LogP contribution is 2.52. The second-order valence-corrected chi connectivity index (χ2v) is 10.9. The van der Waals surface area contributed by atoms with Gasteiger partial charge < -0.3 is 14.6 Å². The zero-order valence-corrected chi connectivity index (χ0v) is 21.5. The summed E-state index contributed by atoms with van der Waals surface area (Å²) in [6.45, 7) is 5.51. The molecule has 8 heteroatoms. The third kappa shape index (κ3) is 5.28. The topological polar surface area (TPSA) is 76.1 Å². The number of carboxylic acid groups (broad SMARTS) is 1. The van der Waals surface area contributed by atoms with Gasteiger partial charge in [-0.1, -0.05) is 55.5 Å². The summed E-state index contributed by atoms with van der Waals surface area (Å²) in [6, 6.07) is 6.49. The van der Waals surface area contributed by atoms with Crippen molar-refractivity contribution in [2.45, 2.75) is 88.9 Å². The number of carboxylic acids is 1. The van der Waals surface area contributed by atoms with Crippen LogP contribution in [0.3, 0.4) is 0 Å². The van der Waals surface area contributed by atoms with E-state index in [1.165, 1.54) is 18.2 Å². The van der Waals surface area contributed by atoms with E-state index in [-0.39, 0.29) is 35.7 Å². The van der Waals surface area contributed by atoms with Crippen LogP contribution in [0.5, 0.6) is 0 Å². The minimum atomic E-state index is -5.25. The number of allylic oxidation sites excluding steroid dienone is 3. The highest BCUT2D eigenvalue weighted by atomic mass is 19.4. The van der Waals surface area contributed by atoms with Crippen LogP contribution in [-0.4, -0.2) is 40.8 Å². The van der Waals surface area contributed by atoms with E-state index in [1.807, 2.05) is 19.1 Å². The highest BCUT2D eigenvalue weighted by molar-refractivity contribution is 5.84. The molecule has 0 radical (unpaired) electrons. The van der Waals surface area contributed by atoms with Crippen molar-refractivity contribution in [1.29, 1.82) is 0 Å². The Bertz CT molecular complexity index is 1070. The van der Waals surface area contributed by atoms with Crippen molar-refractivity contribution in [2.75, 3.05) is 0 Å². The molecular formula is C29H35F3O5. The van der Waals surface area contributed by atoms with Crippen LogP contribution in [-0.2, 0) is 24.7 Å². The maximum Gasteiger partial charge on any atom is 0.432 e. The van der Waals surface area contributed by atoms with Gasteiger partial charge in [-0.25, -0.2) is 4.79 Å². The number of aliphatic carboxylic acids is 1. The zero-order chi connectivity index (χ0) is 27.0. The number of fused-ring (bicyclic) bond motifs is 2. The number of hydrogen-bond acceptors (Lipinski definition) is 4. The molecule has 1 aromatic rings. The second kappa shape index (κ2) is 10.4. The van der Waals surface area contributed by atoms with Gasteiger partial charge in [-0.3, -0.25) is 4.79 Å². The number of Topliss-reactive ketones (excluding diaryl/α,β-unsaturated/α-hetero) is 1. The number of hydrogen-bond donors (Lipinski definition) is 1. The van der Waals surface area contributed by atoms with E-state index < -0.39 is 35.3 Å². The molecule has 1 saturated heterocycles. The fourth-order valence-corrected chi connectivity index (χ4v) is 6.05. The molecule has 1 aliphatic heterocycles. The fraction of sp³-hybridized carbons (Fsp3) is 0.586. The smallest absolute Gasteiger partial charge is 0.432 e. The summed E-state index contributed by atoms with van der Waals surface area (Å²) < 4.78 is 56.1. The van der Waals surface area contributed by atoms with Crippen LogP contribution in [0.25, 0.3) is 0 Å². The SMILES string of the molecule is CC1=CCC/C=C/CC[C@@]2(C)O[C@@H]2C[C@H]2[C@@H](CC(=O)[C@@H]2C)[C@@H]1OC(C(=O)O)(c1ccccc1)C(F)(F)F. The van der Waals surface area contributed by atoms with Crippen LogP contribution in [0.1, 0.15) is 64.9 Å². The van der Waals surface area contributed by atoms with Gasteiger partial charge in [0.2, 0.25) is 0 Å². The monoisotopic (exact) mass is 520 g/mol. The molecule has 1 heterocycles. The van der Waals surface area contributed by atoms with Crippen LogP contribution in [0.2, 0.25) is 0 Å². The van der Waals surface area contributed by atoms with E-state index in [0.717, 1.165) is 25.0 Å². The average Bonchev–Trinajstić information content (AvgIpc) is 3.39. The van der Waals surface area contributed by atoms with Gasteiger partial charge in [0, 0.05) is 17.9 Å². The molecule has 0 aromatic heterocycles. The number of rotatable bonds is 4. The van der Waals surface area contributed by atoms with E-state index in [9.17, 15) is 27.9 Å². The third-order valence-electron chi connectivity index (χ3n) is 8.45. The maximum atomic E-state index is 14.7. The molecule has 7 atom stereocenters. The first-order valence-corrected chi connectivity index (χ1v) is 13.0. The quantitative estimate of drug-likeness (QED) is 0.368. The lowest BCUT2D eigenvalue weighted by Gasteiger charge is -2.39. The Balaban J connectivity index is 1.81. The predicted octanol–water partition coefficient (Wildman–Crippen LogP) is 6.38. The van der Waals surface area contributed by atoms with Gasteiger partial charge >= 0.3 is 12.1 Å². The number of epoxide rings is 1.